The highest BCUT2D eigenvalue weighted by Gasteiger charge is 2.33. The van der Waals surface area contributed by atoms with Crippen LogP contribution in [0.15, 0.2) is 18.2 Å². The molecule has 0 saturated carbocycles. The first-order valence-electron chi connectivity index (χ1n) is 9.30. The molecule has 0 radical (unpaired) electrons. The average Bonchev–Trinajstić information content (AvgIpc) is 2.59. The summed E-state index contributed by atoms with van der Waals surface area (Å²) >= 11 is 0. The van der Waals surface area contributed by atoms with Crippen LogP contribution >= 0.6 is 0 Å². The minimum absolute atomic E-state index is 0.0446. The second kappa shape index (κ2) is 9.50. The number of nitrogens with one attached hydrogen (secondary N) is 2. The number of amides is 2. The molecule has 1 aliphatic rings. The van der Waals surface area contributed by atoms with Gasteiger partial charge in [0.1, 0.15) is 6.04 Å². The van der Waals surface area contributed by atoms with Crippen molar-refractivity contribution in [1.82, 2.24) is 10.2 Å². The molecular formula is C20H29N3O4. The Balaban J connectivity index is 1.98. The Morgan fingerprint density at radius 3 is 2.78 bits per heavy atom. The van der Waals surface area contributed by atoms with Crippen LogP contribution in [-0.4, -0.2) is 55.0 Å². The smallest absolute Gasteiger partial charge is 0.307 e. The number of hydrogen-bond acceptors (Lipinski definition) is 5. The zero-order valence-corrected chi connectivity index (χ0v) is 16.5. The largest absolute Gasteiger partial charge is 0.465 e. The van der Waals surface area contributed by atoms with Crippen molar-refractivity contribution in [1.29, 1.82) is 0 Å². The van der Waals surface area contributed by atoms with Crippen molar-refractivity contribution in [2.24, 2.45) is 5.92 Å². The van der Waals surface area contributed by atoms with Crippen molar-refractivity contribution in [3.8, 4) is 0 Å². The van der Waals surface area contributed by atoms with Crippen molar-refractivity contribution < 1.29 is 19.1 Å². The molecule has 0 spiro atoms. The van der Waals surface area contributed by atoms with Crippen LogP contribution in [0.2, 0.25) is 0 Å². The van der Waals surface area contributed by atoms with Gasteiger partial charge in [-0.15, -0.1) is 0 Å². The molecule has 1 unspecified atom stereocenters. The standard InChI is InChI=1S/C20H29N3O4/c1-13(2)12-27-19(25)10-17-20(26)21-7-8-23(17)11-18(24)22-16-9-14(3)5-6-15(16)4/h5-6,9,13,17H,7-8,10-12H2,1-4H3,(H,21,26)(H,22,24). The van der Waals surface area contributed by atoms with E-state index in [1.165, 1.54) is 0 Å². The van der Waals surface area contributed by atoms with Crippen molar-refractivity contribution in [2.75, 3.05) is 31.6 Å². The normalized spacial score (nSPS) is 17.5. The van der Waals surface area contributed by atoms with E-state index in [0.717, 1.165) is 16.8 Å². The fraction of sp³-hybridized carbons (Fsp3) is 0.550. The summed E-state index contributed by atoms with van der Waals surface area (Å²) in [6.45, 7) is 9.11. The van der Waals surface area contributed by atoms with E-state index in [0.29, 0.717) is 19.7 Å². The number of nitrogens with zero attached hydrogens (tertiary/aromatic N) is 1. The van der Waals surface area contributed by atoms with Gasteiger partial charge < -0.3 is 15.4 Å². The van der Waals surface area contributed by atoms with E-state index in [-0.39, 0.29) is 30.7 Å². The van der Waals surface area contributed by atoms with Gasteiger partial charge in [0.05, 0.1) is 19.6 Å². The van der Waals surface area contributed by atoms with Crippen LogP contribution in [0, 0.1) is 19.8 Å². The maximum absolute atomic E-state index is 12.5. The molecule has 1 heterocycles. The lowest BCUT2D eigenvalue weighted by atomic mass is 10.1. The van der Waals surface area contributed by atoms with Gasteiger partial charge in [-0.05, 0) is 37.0 Å². The maximum Gasteiger partial charge on any atom is 0.307 e. The van der Waals surface area contributed by atoms with E-state index < -0.39 is 12.0 Å². The van der Waals surface area contributed by atoms with Crippen LogP contribution in [0.4, 0.5) is 5.69 Å². The Bertz CT molecular complexity index is 702. The molecule has 2 N–H and O–H groups in total. The van der Waals surface area contributed by atoms with Gasteiger partial charge >= 0.3 is 5.97 Å². The third kappa shape index (κ3) is 6.36. The number of benzene rings is 1. The highest BCUT2D eigenvalue weighted by Crippen LogP contribution is 2.17. The first-order valence-corrected chi connectivity index (χ1v) is 9.30. The van der Waals surface area contributed by atoms with Gasteiger partial charge in [0.2, 0.25) is 11.8 Å². The number of carbonyl (C=O) groups is 3. The molecule has 0 bridgehead atoms. The molecule has 7 heteroatoms. The first kappa shape index (κ1) is 20.9. The van der Waals surface area contributed by atoms with Crippen LogP contribution in [0.5, 0.6) is 0 Å². The molecule has 27 heavy (non-hydrogen) atoms. The molecular weight excluding hydrogens is 346 g/mol. The van der Waals surface area contributed by atoms with Crippen LogP contribution in [0.1, 0.15) is 31.4 Å². The number of carbonyl (C=O) groups excluding carboxylic acids is 3. The lowest BCUT2D eigenvalue weighted by Crippen LogP contribution is -2.57. The molecule has 1 fully saturated rings. The van der Waals surface area contributed by atoms with Gasteiger partial charge in [-0.3, -0.25) is 19.3 Å². The van der Waals surface area contributed by atoms with E-state index in [4.69, 9.17) is 4.74 Å². The zero-order valence-electron chi connectivity index (χ0n) is 16.5. The van der Waals surface area contributed by atoms with E-state index in [1.54, 1.807) is 4.90 Å². The Hall–Kier alpha value is -2.41. The fourth-order valence-corrected chi connectivity index (χ4v) is 2.89. The Morgan fingerprint density at radius 2 is 2.07 bits per heavy atom. The number of hydrogen-bond donors (Lipinski definition) is 2. The average molecular weight is 375 g/mol. The molecule has 0 aliphatic carbocycles. The minimum Gasteiger partial charge on any atom is -0.465 e. The number of anilines is 1. The van der Waals surface area contributed by atoms with Gasteiger partial charge in [0.15, 0.2) is 0 Å². The quantitative estimate of drug-likeness (QED) is 0.708. The molecule has 1 atom stereocenters. The predicted octanol–water partition coefficient (Wildman–Crippen LogP) is 1.63. The zero-order chi connectivity index (χ0) is 20.0. The molecule has 1 saturated heterocycles. The molecule has 1 aromatic carbocycles. The summed E-state index contributed by atoms with van der Waals surface area (Å²) in [5.74, 6) is -0.652. The Morgan fingerprint density at radius 1 is 1.33 bits per heavy atom. The van der Waals surface area contributed by atoms with Crippen LogP contribution < -0.4 is 10.6 Å². The van der Waals surface area contributed by atoms with Gasteiger partial charge in [-0.1, -0.05) is 26.0 Å². The van der Waals surface area contributed by atoms with E-state index in [1.807, 2.05) is 45.9 Å². The summed E-state index contributed by atoms with van der Waals surface area (Å²) in [6, 6.07) is 5.16. The van der Waals surface area contributed by atoms with Gasteiger partial charge in [-0.25, -0.2) is 0 Å². The molecule has 0 aromatic heterocycles. The van der Waals surface area contributed by atoms with Crippen molar-refractivity contribution in [2.45, 2.75) is 40.2 Å². The summed E-state index contributed by atoms with van der Waals surface area (Å²) in [4.78, 5) is 38.5. The van der Waals surface area contributed by atoms with Crippen molar-refractivity contribution in [3.05, 3.63) is 29.3 Å². The molecule has 7 nitrogen and oxygen atoms in total. The lowest BCUT2D eigenvalue weighted by molar-refractivity contribution is -0.149. The van der Waals surface area contributed by atoms with Crippen LogP contribution in [0.3, 0.4) is 0 Å². The molecule has 1 aromatic rings. The van der Waals surface area contributed by atoms with Crippen molar-refractivity contribution in [3.63, 3.8) is 0 Å². The predicted molar refractivity (Wildman–Crippen MR) is 103 cm³/mol. The number of esters is 1. The Kier molecular flexibility index (Phi) is 7.36. The van der Waals surface area contributed by atoms with Gasteiger partial charge in [0.25, 0.3) is 0 Å². The molecule has 148 valence electrons. The SMILES string of the molecule is Cc1ccc(C)c(NC(=O)CN2CCNC(=O)C2CC(=O)OCC(C)C)c1. The molecule has 2 rings (SSSR count). The third-order valence-corrected chi connectivity index (χ3v) is 4.39. The second-order valence-electron chi connectivity index (χ2n) is 7.42. The monoisotopic (exact) mass is 375 g/mol. The Labute approximate surface area is 160 Å². The molecule has 1 aliphatic heterocycles. The van der Waals surface area contributed by atoms with Crippen molar-refractivity contribution >= 4 is 23.5 Å². The number of piperazine rings is 1. The van der Waals surface area contributed by atoms with Gasteiger partial charge in [-0.2, -0.15) is 0 Å². The number of aryl methyl sites for hydroxylation is 2. The van der Waals surface area contributed by atoms with Crippen LogP contribution in [0.25, 0.3) is 0 Å². The second-order valence-corrected chi connectivity index (χ2v) is 7.42. The lowest BCUT2D eigenvalue weighted by Gasteiger charge is -2.34. The summed E-state index contributed by atoms with van der Waals surface area (Å²) in [6.07, 6.45) is -0.0602. The first-order chi connectivity index (χ1) is 12.8. The summed E-state index contributed by atoms with van der Waals surface area (Å²) < 4.78 is 5.19. The highest BCUT2D eigenvalue weighted by atomic mass is 16.5. The minimum atomic E-state index is -0.692. The van der Waals surface area contributed by atoms with E-state index >= 15 is 0 Å². The number of ether oxygens (including phenoxy) is 1. The number of rotatable bonds is 7. The topological polar surface area (TPSA) is 87.7 Å². The summed E-state index contributed by atoms with van der Waals surface area (Å²) in [5.41, 5.74) is 2.78. The maximum atomic E-state index is 12.5. The van der Waals surface area contributed by atoms with Crippen LogP contribution in [-0.2, 0) is 19.1 Å². The fourth-order valence-electron chi connectivity index (χ4n) is 2.89. The summed E-state index contributed by atoms with van der Waals surface area (Å²) in [5, 5.41) is 5.65. The van der Waals surface area contributed by atoms with E-state index in [2.05, 4.69) is 10.6 Å². The highest BCUT2D eigenvalue weighted by molar-refractivity contribution is 5.94. The third-order valence-electron chi connectivity index (χ3n) is 4.39. The summed E-state index contributed by atoms with van der Waals surface area (Å²) in [7, 11) is 0. The van der Waals surface area contributed by atoms with E-state index in [9.17, 15) is 14.4 Å². The molecule has 2 amide bonds. The van der Waals surface area contributed by atoms with Gasteiger partial charge in [0, 0.05) is 18.8 Å².